The third-order valence-electron chi connectivity index (χ3n) is 2.79. The summed E-state index contributed by atoms with van der Waals surface area (Å²) in [6.07, 6.45) is 0. The number of carbonyl (C=O) groups excluding carboxylic acids is 1. The Kier molecular flexibility index (Phi) is 5.04. The van der Waals surface area contributed by atoms with Gasteiger partial charge in [0.1, 0.15) is 0 Å². The minimum atomic E-state index is -0.105. The second-order valence-corrected chi connectivity index (χ2v) is 6.60. The first-order chi connectivity index (χ1) is 9.47. The Labute approximate surface area is 140 Å². The van der Waals surface area contributed by atoms with Crippen LogP contribution < -0.4 is 10.2 Å². The summed E-state index contributed by atoms with van der Waals surface area (Å²) in [7, 11) is 3.94. The molecule has 20 heavy (non-hydrogen) atoms. The topological polar surface area (TPSA) is 32.3 Å². The van der Waals surface area contributed by atoms with Crippen molar-refractivity contribution in [3.8, 4) is 0 Å². The highest BCUT2D eigenvalue weighted by molar-refractivity contribution is 14.1. The van der Waals surface area contributed by atoms with Gasteiger partial charge in [-0.05, 0) is 59.0 Å². The highest BCUT2D eigenvalue weighted by atomic mass is 127. The number of carbonyl (C=O) groups is 1. The lowest BCUT2D eigenvalue weighted by Crippen LogP contribution is -2.14. The number of amides is 1. The van der Waals surface area contributed by atoms with Gasteiger partial charge in [-0.2, -0.15) is 0 Å². The summed E-state index contributed by atoms with van der Waals surface area (Å²) >= 11 is 5.55. The number of halogens is 2. The Hall–Kier alpha value is -1.08. The van der Waals surface area contributed by atoms with Gasteiger partial charge in [0.2, 0.25) is 0 Å². The van der Waals surface area contributed by atoms with Crippen molar-refractivity contribution in [2.24, 2.45) is 0 Å². The SMILES string of the molecule is CN(C)c1cccc(NC(=O)c2cc(Br)ccc2I)c1. The molecule has 5 heteroatoms. The zero-order chi connectivity index (χ0) is 14.7. The van der Waals surface area contributed by atoms with Crippen molar-refractivity contribution in [1.29, 1.82) is 0 Å². The fraction of sp³-hybridized carbons (Fsp3) is 0.133. The lowest BCUT2D eigenvalue weighted by molar-refractivity contribution is 0.102. The van der Waals surface area contributed by atoms with E-state index in [4.69, 9.17) is 0 Å². The number of nitrogens with zero attached hydrogens (tertiary/aromatic N) is 1. The number of rotatable bonds is 3. The third kappa shape index (κ3) is 3.73. The van der Waals surface area contributed by atoms with E-state index in [1.807, 2.05) is 61.5 Å². The van der Waals surface area contributed by atoms with E-state index in [1.54, 1.807) is 0 Å². The molecule has 0 aliphatic carbocycles. The molecule has 3 nitrogen and oxygen atoms in total. The van der Waals surface area contributed by atoms with Gasteiger partial charge in [-0.3, -0.25) is 4.79 Å². The Morgan fingerprint density at radius 1 is 1.20 bits per heavy atom. The van der Waals surface area contributed by atoms with E-state index >= 15 is 0 Å². The van der Waals surface area contributed by atoms with Crippen molar-refractivity contribution in [1.82, 2.24) is 0 Å². The molecule has 0 saturated heterocycles. The van der Waals surface area contributed by atoms with E-state index in [2.05, 4.69) is 43.8 Å². The first-order valence-electron chi connectivity index (χ1n) is 6.01. The lowest BCUT2D eigenvalue weighted by atomic mass is 10.2. The number of nitrogens with one attached hydrogen (secondary N) is 1. The quantitative estimate of drug-likeness (QED) is 0.713. The first-order valence-corrected chi connectivity index (χ1v) is 7.88. The van der Waals surface area contributed by atoms with Gasteiger partial charge in [0.15, 0.2) is 0 Å². The monoisotopic (exact) mass is 444 g/mol. The van der Waals surface area contributed by atoms with Crippen molar-refractivity contribution in [2.75, 3.05) is 24.3 Å². The van der Waals surface area contributed by atoms with Crippen molar-refractivity contribution in [3.63, 3.8) is 0 Å². The van der Waals surface area contributed by atoms with Gasteiger partial charge in [-0.15, -0.1) is 0 Å². The molecule has 0 radical (unpaired) electrons. The minimum Gasteiger partial charge on any atom is -0.378 e. The summed E-state index contributed by atoms with van der Waals surface area (Å²) in [5, 5.41) is 2.93. The van der Waals surface area contributed by atoms with Gasteiger partial charge in [0.25, 0.3) is 5.91 Å². The molecule has 0 aromatic heterocycles. The molecular formula is C15H14BrIN2O. The predicted octanol–water partition coefficient (Wildman–Crippen LogP) is 4.37. The predicted molar refractivity (Wildman–Crippen MR) is 95.6 cm³/mol. The van der Waals surface area contributed by atoms with E-state index in [9.17, 15) is 4.79 Å². The number of hydrogen-bond donors (Lipinski definition) is 1. The molecule has 0 fully saturated rings. The summed E-state index contributed by atoms with van der Waals surface area (Å²) in [5.74, 6) is -0.105. The summed E-state index contributed by atoms with van der Waals surface area (Å²) in [6.45, 7) is 0. The van der Waals surface area contributed by atoms with E-state index in [1.165, 1.54) is 0 Å². The Morgan fingerprint density at radius 3 is 2.65 bits per heavy atom. The molecule has 1 amide bonds. The maximum absolute atomic E-state index is 12.3. The van der Waals surface area contributed by atoms with E-state index < -0.39 is 0 Å². The summed E-state index contributed by atoms with van der Waals surface area (Å²) in [4.78, 5) is 14.3. The zero-order valence-corrected chi connectivity index (χ0v) is 14.9. The summed E-state index contributed by atoms with van der Waals surface area (Å²) in [5.41, 5.74) is 2.50. The zero-order valence-electron chi connectivity index (χ0n) is 11.2. The lowest BCUT2D eigenvalue weighted by Gasteiger charge is -2.14. The molecule has 0 spiro atoms. The average Bonchev–Trinajstić information content (AvgIpc) is 2.41. The van der Waals surface area contributed by atoms with Crippen LogP contribution >= 0.6 is 38.5 Å². The van der Waals surface area contributed by atoms with E-state index in [0.717, 1.165) is 19.4 Å². The minimum absolute atomic E-state index is 0.105. The number of anilines is 2. The second kappa shape index (κ2) is 6.58. The molecule has 2 aromatic rings. The van der Waals surface area contributed by atoms with Crippen molar-refractivity contribution in [3.05, 3.63) is 56.1 Å². The van der Waals surface area contributed by atoms with Crippen LogP contribution in [0.15, 0.2) is 46.9 Å². The molecule has 0 unspecified atom stereocenters. The van der Waals surface area contributed by atoms with Crippen LogP contribution in [0, 0.1) is 3.57 Å². The molecule has 0 atom stereocenters. The molecule has 0 aliphatic rings. The molecule has 0 saturated carbocycles. The fourth-order valence-electron chi connectivity index (χ4n) is 1.73. The van der Waals surface area contributed by atoms with Crippen LogP contribution in [0.25, 0.3) is 0 Å². The first kappa shape index (κ1) is 15.3. The maximum Gasteiger partial charge on any atom is 0.256 e. The molecule has 104 valence electrons. The smallest absolute Gasteiger partial charge is 0.256 e. The van der Waals surface area contributed by atoms with Gasteiger partial charge in [0.05, 0.1) is 5.56 Å². The van der Waals surface area contributed by atoms with Gasteiger partial charge < -0.3 is 10.2 Å². The van der Waals surface area contributed by atoms with Crippen molar-refractivity contribution >= 4 is 55.8 Å². The van der Waals surface area contributed by atoms with Gasteiger partial charge >= 0.3 is 0 Å². The maximum atomic E-state index is 12.3. The van der Waals surface area contributed by atoms with Crippen LogP contribution in [0.1, 0.15) is 10.4 Å². The molecular weight excluding hydrogens is 431 g/mol. The standard InChI is InChI=1S/C15H14BrIN2O/c1-19(2)12-5-3-4-11(9-12)18-15(20)13-8-10(16)6-7-14(13)17/h3-9H,1-2H3,(H,18,20). The average molecular weight is 445 g/mol. The van der Waals surface area contributed by atoms with Crippen molar-refractivity contribution in [2.45, 2.75) is 0 Å². The largest absolute Gasteiger partial charge is 0.378 e. The van der Waals surface area contributed by atoms with Crippen LogP contribution in [-0.2, 0) is 0 Å². The second-order valence-electron chi connectivity index (χ2n) is 4.52. The van der Waals surface area contributed by atoms with Crippen molar-refractivity contribution < 1.29 is 4.79 Å². The molecule has 2 rings (SSSR count). The number of benzene rings is 2. The molecule has 0 aliphatic heterocycles. The van der Waals surface area contributed by atoms with Gasteiger partial charge in [0, 0.05) is 33.5 Å². The third-order valence-corrected chi connectivity index (χ3v) is 4.23. The summed E-state index contributed by atoms with van der Waals surface area (Å²) < 4.78 is 1.82. The normalized spacial score (nSPS) is 10.2. The highest BCUT2D eigenvalue weighted by Gasteiger charge is 2.11. The number of hydrogen-bond acceptors (Lipinski definition) is 2. The molecule has 0 bridgehead atoms. The molecule has 2 aromatic carbocycles. The molecule has 1 N–H and O–H groups in total. The van der Waals surface area contributed by atoms with Crippen LogP contribution in [0.3, 0.4) is 0 Å². The van der Waals surface area contributed by atoms with E-state index in [0.29, 0.717) is 5.56 Å². The van der Waals surface area contributed by atoms with Crippen LogP contribution in [0.5, 0.6) is 0 Å². The van der Waals surface area contributed by atoms with Gasteiger partial charge in [-0.25, -0.2) is 0 Å². The Morgan fingerprint density at radius 2 is 1.95 bits per heavy atom. The van der Waals surface area contributed by atoms with Crippen LogP contribution in [-0.4, -0.2) is 20.0 Å². The van der Waals surface area contributed by atoms with E-state index in [-0.39, 0.29) is 5.91 Å². The Bertz CT molecular complexity index is 644. The molecule has 0 heterocycles. The van der Waals surface area contributed by atoms with Crippen LogP contribution in [0.4, 0.5) is 11.4 Å². The van der Waals surface area contributed by atoms with Gasteiger partial charge in [-0.1, -0.05) is 22.0 Å². The Balaban J connectivity index is 2.23. The summed E-state index contributed by atoms with van der Waals surface area (Å²) in [6, 6.07) is 13.4. The fourth-order valence-corrected chi connectivity index (χ4v) is 2.67. The van der Waals surface area contributed by atoms with Crippen LogP contribution in [0.2, 0.25) is 0 Å². The highest BCUT2D eigenvalue weighted by Crippen LogP contribution is 2.21.